The highest BCUT2D eigenvalue weighted by atomic mass is 35.5. The zero-order chi connectivity index (χ0) is 24.7. The molecule has 0 spiro atoms. The largest absolute Gasteiger partial charge is 0.496 e. The van der Waals surface area contributed by atoms with Gasteiger partial charge in [-0.3, -0.25) is 9.59 Å². The summed E-state index contributed by atoms with van der Waals surface area (Å²) in [6.45, 7) is 0.757. The number of amides is 1. The van der Waals surface area contributed by atoms with E-state index >= 15 is 0 Å². The second kappa shape index (κ2) is 9.34. The number of hydrogen-bond donors (Lipinski definition) is 1. The molecule has 2 atom stereocenters. The van der Waals surface area contributed by atoms with Crippen LogP contribution in [0, 0.1) is 11.7 Å². The van der Waals surface area contributed by atoms with Crippen molar-refractivity contribution in [1.82, 2.24) is 4.90 Å². The van der Waals surface area contributed by atoms with Crippen LogP contribution in [0.4, 0.5) is 4.39 Å². The lowest BCUT2D eigenvalue weighted by Gasteiger charge is -2.31. The van der Waals surface area contributed by atoms with Crippen LogP contribution in [0.5, 0.6) is 5.75 Å². The topological polar surface area (TPSA) is 66.8 Å². The summed E-state index contributed by atoms with van der Waals surface area (Å²) in [5.41, 5.74) is 4.48. The molecule has 180 valence electrons. The molecule has 5 rings (SSSR count). The molecule has 2 aliphatic rings. The van der Waals surface area contributed by atoms with Gasteiger partial charge in [-0.15, -0.1) is 0 Å². The van der Waals surface area contributed by atoms with E-state index < -0.39 is 5.97 Å². The summed E-state index contributed by atoms with van der Waals surface area (Å²) in [6, 6.07) is 16.0. The number of carboxylic acids is 1. The molecule has 1 N–H and O–H groups in total. The van der Waals surface area contributed by atoms with Crippen LogP contribution in [0.3, 0.4) is 0 Å². The van der Waals surface area contributed by atoms with Gasteiger partial charge < -0.3 is 14.7 Å². The Labute approximate surface area is 208 Å². The van der Waals surface area contributed by atoms with Crippen molar-refractivity contribution in [3.05, 3.63) is 87.7 Å². The van der Waals surface area contributed by atoms with Gasteiger partial charge in [0.05, 0.1) is 13.5 Å². The van der Waals surface area contributed by atoms with Crippen molar-refractivity contribution in [2.24, 2.45) is 5.92 Å². The molecule has 2 unspecified atom stereocenters. The summed E-state index contributed by atoms with van der Waals surface area (Å²) in [5, 5.41) is 9.88. The first-order chi connectivity index (χ1) is 16.9. The number of aliphatic carboxylic acids is 1. The fourth-order valence-electron chi connectivity index (χ4n) is 5.13. The van der Waals surface area contributed by atoms with E-state index in [1.807, 2.05) is 29.2 Å². The average molecular weight is 494 g/mol. The zero-order valence-electron chi connectivity index (χ0n) is 19.3. The molecular formula is C28H25ClFNO4. The van der Waals surface area contributed by atoms with Crippen LogP contribution >= 0.6 is 11.6 Å². The maximum Gasteiger partial charge on any atom is 0.307 e. The zero-order valence-corrected chi connectivity index (χ0v) is 20.0. The molecule has 7 heteroatoms. The highest BCUT2D eigenvalue weighted by Gasteiger charge is 2.46. The number of hydrogen-bond acceptors (Lipinski definition) is 3. The Morgan fingerprint density at radius 2 is 1.94 bits per heavy atom. The van der Waals surface area contributed by atoms with Gasteiger partial charge >= 0.3 is 5.97 Å². The fraction of sp³-hybridized carbons (Fsp3) is 0.286. The lowest BCUT2D eigenvalue weighted by Crippen LogP contribution is -2.37. The van der Waals surface area contributed by atoms with Crippen LogP contribution in [0.1, 0.15) is 34.6 Å². The fourth-order valence-corrected chi connectivity index (χ4v) is 5.33. The number of ether oxygens (including phenoxy) is 1. The maximum atomic E-state index is 14.8. The molecule has 1 saturated carbocycles. The Balaban J connectivity index is 1.45. The number of halogens is 2. The Kier molecular flexibility index (Phi) is 6.24. The Hall–Kier alpha value is -3.38. The van der Waals surface area contributed by atoms with E-state index in [9.17, 15) is 19.1 Å². The minimum absolute atomic E-state index is 0.0717. The third kappa shape index (κ3) is 4.63. The van der Waals surface area contributed by atoms with Gasteiger partial charge in [0.1, 0.15) is 11.6 Å². The van der Waals surface area contributed by atoms with E-state index in [0.29, 0.717) is 47.0 Å². The molecule has 1 amide bonds. The van der Waals surface area contributed by atoms with Gasteiger partial charge in [0, 0.05) is 29.6 Å². The van der Waals surface area contributed by atoms with Gasteiger partial charge in [-0.05, 0) is 76.9 Å². The normalized spacial score (nSPS) is 18.7. The monoisotopic (exact) mass is 493 g/mol. The highest BCUT2D eigenvalue weighted by molar-refractivity contribution is 6.30. The van der Waals surface area contributed by atoms with Crippen molar-refractivity contribution in [3.63, 3.8) is 0 Å². The molecule has 1 aliphatic carbocycles. The van der Waals surface area contributed by atoms with Crippen LogP contribution in [0.2, 0.25) is 5.02 Å². The maximum absolute atomic E-state index is 14.8. The number of methoxy groups -OCH3 is 1. The van der Waals surface area contributed by atoms with Gasteiger partial charge in [0.2, 0.25) is 5.91 Å². The quantitative estimate of drug-likeness (QED) is 0.494. The first-order valence-electron chi connectivity index (χ1n) is 11.6. The second-order valence-corrected chi connectivity index (χ2v) is 9.61. The molecule has 0 radical (unpaired) electrons. The van der Waals surface area contributed by atoms with Gasteiger partial charge in [0.25, 0.3) is 0 Å². The summed E-state index contributed by atoms with van der Waals surface area (Å²) in [6.07, 6.45) is 1.08. The Morgan fingerprint density at radius 3 is 2.69 bits per heavy atom. The Bertz CT molecular complexity index is 1320. The van der Waals surface area contributed by atoms with E-state index in [4.69, 9.17) is 16.3 Å². The molecule has 1 heterocycles. The summed E-state index contributed by atoms with van der Waals surface area (Å²) in [4.78, 5) is 26.4. The van der Waals surface area contributed by atoms with E-state index in [1.54, 1.807) is 31.4 Å². The molecule has 0 aromatic heterocycles. The number of rotatable bonds is 6. The molecule has 5 nitrogen and oxygen atoms in total. The molecule has 35 heavy (non-hydrogen) atoms. The SMILES string of the molecule is COc1ccc(CC(=O)O)cc1-c1ccc(F)c2c1CN(C(=O)C1CC1c1cccc(Cl)c1)CC2. The molecule has 3 aromatic carbocycles. The average Bonchev–Trinajstić information content (AvgIpc) is 3.64. The van der Waals surface area contributed by atoms with Gasteiger partial charge in [0.15, 0.2) is 0 Å². The van der Waals surface area contributed by atoms with E-state index in [1.165, 1.54) is 6.07 Å². The van der Waals surface area contributed by atoms with E-state index in [0.717, 1.165) is 23.1 Å². The predicted octanol–water partition coefficient (Wildman–Crippen LogP) is 5.47. The smallest absolute Gasteiger partial charge is 0.307 e. The predicted molar refractivity (Wildman–Crippen MR) is 131 cm³/mol. The van der Waals surface area contributed by atoms with Gasteiger partial charge in [-0.25, -0.2) is 4.39 Å². The summed E-state index contributed by atoms with van der Waals surface area (Å²) >= 11 is 6.13. The van der Waals surface area contributed by atoms with E-state index in [2.05, 4.69) is 0 Å². The van der Waals surface area contributed by atoms with Crippen LogP contribution < -0.4 is 4.74 Å². The minimum atomic E-state index is -0.933. The molecule has 1 fully saturated rings. The van der Waals surface area contributed by atoms with Crippen molar-refractivity contribution in [1.29, 1.82) is 0 Å². The van der Waals surface area contributed by atoms with Crippen molar-refractivity contribution < 1.29 is 23.8 Å². The lowest BCUT2D eigenvalue weighted by molar-refractivity contribution is -0.136. The Morgan fingerprint density at radius 1 is 1.11 bits per heavy atom. The third-order valence-corrected chi connectivity index (χ3v) is 7.20. The minimum Gasteiger partial charge on any atom is -0.496 e. The third-order valence-electron chi connectivity index (χ3n) is 6.96. The van der Waals surface area contributed by atoms with Crippen molar-refractivity contribution in [3.8, 4) is 16.9 Å². The van der Waals surface area contributed by atoms with Crippen LogP contribution in [-0.2, 0) is 29.0 Å². The standard InChI is InChI=1S/C28H25ClFNO4/c1-35-26-8-5-16(12-27(32)33)11-22(26)19-6-7-25(30)20-9-10-31(15-24(19)20)28(34)23-14-21(23)17-3-2-4-18(29)13-17/h2-8,11,13,21,23H,9-10,12,14-15H2,1H3,(H,32,33). The van der Waals surface area contributed by atoms with Crippen LogP contribution in [0.15, 0.2) is 54.6 Å². The summed E-state index contributed by atoms with van der Waals surface area (Å²) in [7, 11) is 1.55. The number of benzene rings is 3. The number of carboxylic acid groups (broad SMARTS) is 1. The molecule has 3 aromatic rings. The number of carbonyl (C=O) groups is 2. The number of fused-ring (bicyclic) bond motifs is 1. The lowest BCUT2D eigenvalue weighted by atomic mass is 9.89. The van der Waals surface area contributed by atoms with Crippen molar-refractivity contribution in [2.45, 2.75) is 31.7 Å². The van der Waals surface area contributed by atoms with Gasteiger partial charge in [-0.2, -0.15) is 0 Å². The first-order valence-corrected chi connectivity index (χ1v) is 12.0. The van der Waals surface area contributed by atoms with E-state index in [-0.39, 0.29) is 30.0 Å². The second-order valence-electron chi connectivity index (χ2n) is 9.17. The molecule has 1 aliphatic heterocycles. The molecular weight excluding hydrogens is 469 g/mol. The van der Waals surface area contributed by atoms with Crippen molar-refractivity contribution in [2.75, 3.05) is 13.7 Å². The number of nitrogens with zero attached hydrogens (tertiary/aromatic N) is 1. The van der Waals surface area contributed by atoms with Crippen molar-refractivity contribution >= 4 is 23.5 Å². The first kappa shape index (κ1) is 23.4. The molecule has 0 saturated heterocycles. The summed E-state index contributed by atoms with van der Waals surface area (Å²) in [5.74, 6) is -0.526. The highest BCUT2D eigenvalue weighted by Crippen LogP contribution is 2.49. The summed E-state index contributed by atoms with van der Waals surface area (Å²) < 4.78 is 20.3. The van der Waals surface area contributed by atoms with Gasteiger partial charge in [-0.1, -0.05) is 35.9 Å². The molecule has 0 bridgehead atoms. The van der Waals surface area contributed by atoms with Crippen LogP contribution in [-0.4, -0.2) is 35.5 Å². The van der Waals surface area contributed by atoms with Crippen LogP contribution in [0.25, 0.3) is 11.1 Å². The number of carbonyl (C=O) groups excluding carboxylic acids is 1.